The molecule has 1 rings (SSSR count). The second-order valence-corrected chi connectivity index (χ2v) is 5.14. The Morgan fingerprint density at radius 3 is 2.60 bits per heavy atom. The van der Waals surface area contributed by atoms with Crippen molar-refractivity contribution in [1.82, 2.24) is 5.32 Å². The molecule has 1 saturated heterocycles. The van der Waals surface area contributed by atoms with Crippen LogP contribution in [-0.4, -0.2) is 25.8 Å². The van der Waals surface area contributed by atoms with Gasteiger partial charge in [0.05, 0.1) is 6.10 Å². The first kappa shape index (κ1) is 13.0. The van der Waals surface area contributed by atoms with E-state index in [1.165, 1.54) is 19.3 Å². The molecule has 1 fully saturated rings. The second kappa shape index (κ2) is 6.49. The van der Waals surface area contributed by atoms with Gasteiger partial charge >= 0.3 is 0 Å². The maximum Gasteiger partial charge on any atom is 0.0616 e. The van der Waals surface area contributed by atoms with Crippen molar-refractivity contribution in [1.29, 1.82) is 0 Å². The Kier molecular flexibility index (Phi) is 5.62. The number of ether oxygens (including phenoxy) is 1. The molecule has 0 spiro atoms. The Bertz CT molecular complexity index is 170. The molecule has 0 aromatic rings. The van der Waals surface area contributed by atoms with Crippen LogP contribution >= 0.6 is 0 Å². The highest BCUT2D eigenvalue weighted by Gasteiger charge is 2.32. The SMILES string of the molecule is CCC1OCCC1C(CCC(C)C)NC. The van der Waals surface area contributed by atoms with E-state index in [1.54, 1.807) is 0 Å². The average molecular weight is 213 g/mol. The van der Waals surface area contributed by atoms with Crippen molar-refractivity contribution < 1.29 is 4.74 Å². The topological polar surface area (TPSA) is 21.3 Å². The summed E-state index contributed by atoms with van der Waals surface area (Å²) in [6.07, 6.45) is 5.50. The Balaban J connectivity index is 2.42. The van der Waals surface area contributed by atoms with Gasteiger partial charge in [0.1, 0.15) is 0 Å². The van der Waals surface area contributed by atoms with Crippen molar-refractivity contribution in [3.8, 4) is 0 Å². The second-order valence-electron chi connectivity index (χ2n) is 5.14. The fraction of sp³-hybridized carbons (Fsp3) is 1.00. The maximum atomic E-state index is 5.76. The lowest BCUT2D eigenvalue weighted by Crippen LogP contribution is -2.38. The molecule has 15 heavy (non-hydrogen) atoms. The first-order chi connectivity index (χ1) is 7.19. The van der Waals surface area contributed by atoms with Gasteiger partial charge < -0.3 is 10.1 Å². The Hall–Kier alpha value is -0.0800. The fourth-order valence-electron chi connectivity index (χ4n) is 2.63. The molecule has 2 nitrogen and oxygen atoms in total. The number of hydrogen-bond donors (Lipinski definition) is 1. The summed E-state index contributed by atoms with van der Waals surface area (Å²) < 4.78 is 5.76. The molecule has 0 bridgehead atoms. The Morgan fingerprint density at radius 2 is 2.07 bits per heavy atom. The number of hydrogen-bond acceptors (Lipinski definition) is 2. The minimum atomic E-state index is 0.495. The monoisotopic (exact) mass is 213 g/mol. The first-order valence-electron chi connectivity index (χ1n) is 6.47. The third-order valence-electron chi connectivity index (χ3n) is 3.61. The van der Waals surface area contributed by atoms with Crippen molar-refractivity contribution in [3.63, 3.8) is 0 Å². The summed E-state index contributed by atoms with van der Waals surface area (Å²) in [5.74, 6) is 1.54. The molecule has 2 heteroatoms. The molecule has 0 amide bonds. The molecule has 0 saturated carbocycles. The van der Waals surface area contributed by atoms with Gasteiger partial charge in [0.25, 0.3) is 0 Å². The number of nitrogens with one attached hydrogen (secondary N) is 1. The highest BCUT2D eigenvalue weighted by Crippen LogP contribution is 2.28. The summed E-state index contributed by atoms with van der Waals surface area (Å²) in [4.78, 5) is 0. The summed E-state index contributed by atoms with van der Waals surface area (Å²) in [7, 11) is 2.09. The fourth-order valence-corrected chi connectivity index (χ4v) is 2.63. The van der Waals surface area contributed by atoms with Gasteiger partial charge in [-0.15, -0.1) is 0 Å². The molecular weight excluding hydrogens is 186 g/mol. The van der Waals surface area contributed by atoms with E-state index < -0.39 is 0 Å². The minimum Gasteiger partial charge on any atom is -0.378 e. The largest absolute Gasteiger partial charge is 0.378 e. The summed E-state index contributed by atoms with van der Waals surface area (Å²) in [5, 5.41) is 3.48. The zero-order chi connectivity index (χ0) is 11.3. The average Bonchev–Trinajstić information content (AvgIpc) is 2.66. The van der Waals surface area contributed by atoms with Crippen LogP contribution in [0.3, 0.4) is 0 Å². The van der Waals surface area contributed by atoms with Gasteiger partial charge in [-0.25, -0.2) is 0 Å². The van der Waals surface area contributed by atoms with Crippen LogP contribution in [0.4, 0.5) is 0 Å². The molecule has 0 radical (unpaired) electrons. The standard InChI is InChI=1S/C13H27NO/c1-5-13-11(8-9-15-13)12(14-4)7-6-10(2)3/h10-14H,5-9H2,1-4H3. The van der Waals surface area contributed by atoms with Gasteiger partial charge in [0, 0.05) is 18.6 Å². The summed E-state index contributed by atoms with van der Waals surface area (Å²) >= 11 is 0. The molecule has 1 N–H and O–H groups in total. The number of rotatable bonds is 6. The van der Waals surface area contributed by atoms with E-state index in [9.17, 15) is 0 Å². The highest BCUT2D eigenvalue weighted by atomic mass is 16.5. The molecule has 0 aromatic heterocycles. The normalized spacial score (nSPS) is 28.6. The van der Waals surface area contributed by atoms with Gasteiger partial charge in [-0.2, -0.15) is 0 Å². The smallest absolute Gasteiger partial charge is 0.0616 e. The lowest BCUT2D eigenvalue weighted by Gasteiger charge is -2.27. The van der Waals surface area contributed by atoms with Crippen molar-refractivity contribution >= 4 is 0 Å². The van der Waals surface area contributed by atoms with Crippen LogP contribution in [0.2, 0.25) is 0 Å². The molecule has 0 aromatic carbocycles. The molecule has 1 aliphatic rings. The highest BCUT2D eigenvalue weighted by molar-refractivity contribution is 4.85. The van der Waals surface area contributed by atoms with E-state index in [1.807, 2.05) is 0 Å². The van der Waals surface area contributed by atoms with Crippen molar-refractivity contribution in [2.24, 2.45) is 11.8 Å². The van der Waals surface area contributed by atoms with Gasteiger partial charge in [-0.1, -0.05) is 20.8 Å². The van der Waals surface area contributed by atoms with E-state index in [4.69, 9.17) is 4.74 Å². The van der Waals surface area contributed by atoms with Gasteiger partial charge in [-0.3, -0.25) is 0 Å². The van der Waals surface area contributed by atoms with E-state index in [2.05, 4.69) is 33.1 Å². The lowest BCUT2D eigenvalue weighted by molar-refractivity contribution is 0.0767. The molecular formula is C13H27NO. The molecule has 90 valence electrons. The Labute approximate surface area is 94.8 Å². The quantitative estimate of drug-likeness (QED) is 0.732. The first-order valence-corrected chi connectivity index (χ1v) is 6.47. The predicted molar refractivity (Wildman–Crippen MR) is 65.1 cm³/mol. The van der Waals surface area contributed by atoms with Gasteiger partial charge in [0.2, 0.25) is 0 Å². The molecule has 3 unspecified atom stereocenters. The molecule has 3 atom stereocenters. The van der Waals surface area contributed by atoms with Gasteiger partial charge in [0.15, 0.2) is 0 Å². The van der Waals surface area contributed by atoms with Crippen molar-refractivity contribution in [2.75, 3.05) is 13.7 Å². The third kappa shape index (κ3) is 3.76. The van der Waals surface area contributed by atoms with E-state index in [0.29, 0.717) is 12.1 Å². The van der Waals surface area contributed by atoms with Crippen LogP contribution in [0, 0.1) is 11.8 Å². The van der Waals surface area contributed by atoms with E-state index in [-0.39, 0.29) is 0 Å². The van der Waals surface area contributed by atoms with Crippen molar-refractivity contribution in [2.45, 2.75) is 58.6 Å². The van der Waals surface area contributed by atoms with E-state index in [0.717, 1.165) is 24.9 Å². The molecule has 1 heterocycles. The van der Waals surface area contributed by atoms with Crippen molar-refractivity contribution in [3.05, 3.63) is 0 Å². The minimum absolute atomic E-state index is 0.495. The summed E-state index contributed by atoms with van der Waals surface area (Å²) in [5.41, 5.74) is 0. The van der Waals surface area contributed by atoms with E-state index >= 15 is 0 Å². The van der Waals surface area contributed by atoms with Crippen LogP contribution in [0.1, 0.15) is 46.5 Å². The zero-order valence-corrected chi connectivity index (χ0v) is 10.8. The predicted octanol–water partition coefficient (Wildman–Crippen LogP) is 2.83. The summed E-state index contributed by atoms with van der Waals surface area (Å²) in [6.45, 7) is 7.80. The van der Waals surface area contributed by atoms with Crippen LogP contribution in [0.15, 0.2) is 0 Å². The van der Waals surface area contributed by atoms with Crippen LogP contribution in [0.5, 0.6) is 0 Å². The zero-order valence-electron chi connectivity index (χ0n) is 10.8. The van der Waals surface area contributed by atoms with Crippen LogP contribution in [-0.2, 0) is 4.74 Å². The van der Waals surface area contributed by atoms with Crippen LogP contribution < -0.4 is 5.32 Å². The molecule has 1 aliphatic heterocycles. The third-order valence-corrected chi connectivity index (χ3v) is 3.61. The maximum absolute atomic E-state index is 5.76. The lowest BCUT2D eigenvalue weighted by atomic mass is 9.87. The van der Waals surface area contributed by atoms with Gasteiger partial charge in [-0.05, 0) is 38.6 Å². The van der Waals surface area contributed by atoms with Crippen LogP contribution in [0.25, 0.3) is 0 Å². The summed E-state index contributed by atoms with van der Waals surface area (Å²) in [6, 6.07) is 0.653. The Morgan fingerprint density at radius 1 is 1.33 bits per heavy atom. The molecule has 0 aliphatic carbocycles.